The van der Waals surface area contributed by atoms with Crippen LogP contribution in [0.2, 0.25) is 0 Å². The fourth-order valence-electron chi connectivity index (χ4n) is 3.76. The molecule has 0 aliphatic rings. The summed E-state index contributed by atoms with van der Waals surface area (Å²) >= 11 is 0. The first-order chi connectivity index (χ1) is 19.8. The van der Waals surface area contributed by atoms with Crippen LogP contribution in [0.3, 0.4) is 0 Å². The summed E-state index contributed by atoms with van der Waals surface area (Å²) in [4.78, 5) is 41.9. The van der Waals surface area contributed by atoms with Gasteiger partial charge in [0, 0.05) is 0 Å². The molecule has 0 radical (unpaired) electrons. The van der Waals surface area contributed by atoms with Crippen molar-refractivity contribution >= 4 is 17.8 Å². The van der Waals surface area contributed by atoms with E-state index in [4.69, 9.17) is 25.5 Å². The maximum absolute atomic E-state index is 13.0. The number of para-hydroxylation sites is 1. The summed E-state index contributed by atoms with van der Waals surface area (Å²) in [6.45, 7) is 2.24. The van der Waals surface area contributed by atoms with Crippen molar-refractivity contribution in [3.05, 3.63) is 89.0 Å². The minimum Gasteiger partial charge on any atom is -0.490 e. The van der Waals surface area contributed by atoms with Crippen LogP contribution >= 0.6 is 0 Å². The molecule has 3 aromatic rings. The molecule has 3 aromatic carbocycles. The maximum Gasteiger partial charge on any atom is 0.336 e. The van der Waals surface area contributed by atoms with Gasteiger partial charge < -0.3 is 29.7 Å². The van der Waals surface area contributed by atoms with Gasteiger partial charge in [-0.3, -0.25) is 9.63 Å². The van der Waals surface area contributed by atoms with Gasteiger partial charge in [-0.25, -0.2) is 9.59 Å². The van der Waals surface area contributed by atoms with Crippen LogP contribution in [0.25, 0.3) is 0 Å². The highest BCUT2D eigenvalue weighted by atomic mass is 16.6. The first-order valence-electron chi connectivity index (χ1n) is 12.7. The van der Waals surface area contributed by atoms with Gasteiger partial charge in [0.1, 0.15) is 42.7 Å². The van der Waals surface area contributed by atoms with Crippen LogP contribution in [0, 0.1) is 12.5 Å². The molecule has 0 heterocycles. The number of nitrogens with one attached hydrogen (secondary N) is 2. The average molecular weight is 563 g/mol. The van der Waals surface area contributed by atoms with Crippen LogP contribution in [0.4, 0.5) is 0 Å². The van der Waals surface area contributed by atoms with Gasteiger partial charge in [0.2, 0.25) is 0 Å². The predicted molar refractivity (Wildman–Crippen MR) is 148 cm³/mol. The lowest BCUT2D eigenvalue weighted by atomic mass is 10.1. The number of terminal acetylenes is 1. The number of benzene rings is 3. The highest BCUT2D eigenvalue weighted by Crippen LogP contribution is 2.20. The van der Waals surface area contributed by atoms with Crippen molar-refractivity contribution in [2.45, 2.75) is 32.5 Å². The Labute approximate surface area is 237 Å². The van der Waals surface area contributed by atoms with E-state index in [2.05, 4.69) is 10.8 Å². The number of carbonyl (C=O) groups excluding carboxylic acids is 1. The summed E-state index contributed by atoms with van der Waals surface area (Å²) in [7, 11) is 0. The topological polar surface area (TPSA) is 153 Å². The standard InChI is InChI=1S/C30H30N2O9/c1-3-8-27(31-28(33)26-18-23(38-4-2)12-14-25(26)30(36)37)32-41-19-20-17-22(11-13-24(20)29(34)35)40-16-15-39-21-9-6-5-7-10-21/h2,5-7,9-14,17-18,27,32H,3,8,15-16,19H2,1H3,(H,31,33)(H,34,35)(H,36,37). The lowest BCUT2D eigenvalue weighted by molar-refractivity contribution is -0.00620. The zero-order valence-electron chi connectivity index (χ0n) is 22.3. The maximum atomic E-state index is 13.0. The molecule has 1 unspecified atom stereocenters. The number of hydrogen-bond donors (Lipinski definition) is 4. The molecule has 0 aliphatic carbocycles. The Morgan fingerprint density at radius 1 is 0.854 bits per heavy atom. The molecule has 1 atom stereocenters. The summed E-state index contributed by atoms with van der Waals surface area (Å²) < 4.78 is 16.2. The fourth-order valence-corrected chi connectivity index (χ4v) is 3.76. The fraction of sp³-hybridized carbons (Fsp3) is 0.233. The molecule has 0 spiro atoms. The summed E-state index contributed by atoms with van der Waals surface area (Å²) in [5.74, 6) is -1.87. The van der Waals surface area contributed by atoms with Crippen LogP contribution in [0.1, 0.15) is 56.4 Å². The quantitative estimate of drug-likeness (QED) is 0.0869. The van der Waals surface area contributed by atoms with Gasteiger partial charge >= 0.3 is 11.9 Å². The van der Waals surface area contributed by atoms with Crippen molar-refractivity contribution in [3.8, 4) is 29.8 Å². The normalized spacial score (nSPS) is 11.1. The van der Waals surface area contributed by atoms with Gasteiger partial charge in [-0.1, -0.05) is 38.0 Å². The van der Waals surface area contributed by atoms with E-state index in [1.165, 1.54) is 24.3 Å². The number of ether oxygens (including phenoxy) is 3. The highest BCUT2D eigenvalue weighted by molar-refractivity contribution is 6.05. The van der Waals surface area contributed by atoms with Gasteiger partial charge in [0.05, 0.1) is 23.3 Å². The second kappa shape index (κ2) is 15.5. The van der Waals surface area contributed by atoms with Crippen molar-refractivity contribution in [2.75, 3.05) is 13.2 Å². The third-order valence-electron chi connectivity index (χ3n) is 5.65. The molecule has 0 fully saturated rings. The van der Waals surface area contributed by atoms with Crippen molar-refractivity contribution < 1.29 is 43.6 Å². The number of carbonyl (C=O) groups is 3. The predicted octanol–water partition coefficient (Wildman–Crippen LogP) is 4.09. The second-order valence-electron chi connectivity index (χ2n) is 8.59. The number of amides is 1. The van der Waals surface area contributed by atoms with E-state index in [-0.39, 0.29) is 42.3 Å². The van der Waals surface area contributed by atoms with E-state index in [0.29, 0.717) is 29.9 Å². The van der Waals surface area contributed by atoms with Crippen molar-refractivity contribution in [1.82, 2.24) is 10.8 Å². The van der Waals surface area contributed by atoms with Crippen molar-refractivity contribution in [1.29, 1.82) is 0 Å². The Balaban J connectivity index is 1.62. The van der Waals surface area contributed by atoms with E-state index in [1.807, 2.05) is 43.4 Å². The van der Waals surface area contributed by atoms with E-state index >= 15 is 0 Å². The molecule has 11 heteroatoms. The second-order valence-corrected chi connectivity index (χ2v) is 8.59. The molecule has 0 aliphatic heterocycles. The number of carboxylic acid groups (broad SMARTS) is 2. The highest BCUT2D eigenvalue weighted by Gasteiger charge is 2.21. The minimum atomic E-state index is -1.30. The third-order valence-corrected chi connectivity index (χ3v) is 5.65. The molecule has 41 heavy (non-hydrogen) atoms. The molecule has 3 rings (SSSR count). The van der Waals surface area contributed by atoms with Gasteiger partial charge in [-0.05, 0) is 60.5 Å². The first kappa shape index (κ1) is 30.5. The Kier molecular flexibility index (Phi) is 11.5. The van der Waals surface area contributed by atoms with Crippen LogP contribution in [-0.2, 0) is 11.4 Å². The summed E-state index contributed by atoms with van der Waals surface area (Å²) in [5, 5.41) is 21.8. The van der Waals surface area contributed by atoms with Gasteiger partial charge in [0.15, 0.2) is 0 Å². The number of rotatable bonds is 16. The molecule has 0 saturated heterocycles. The smallest absolute Gasteiger partial charge is 0.336 e. The molecular weight excluding hydrogens is 532 g/mol. The van der Waals surface area contributed by atoms with Crippen LogP contribution in [0.15, 0.2) is 66.7 Å². The lowest BCUT2D eigenvalue weighted by Gasteiger charge is -2.20. The van der Waals surface area contributed by atoms with E-state index in [1.54, 1.807) is 12.1 Å². The molecule has 1 amide bonds. The third kappa shape index (κ3) is 9.28. The molecule has 214 valence electrons. The summed E-state index contributed by atoms with van der Waals surface area (Å²) in [6.07, 6.45) is 7.44. The summed E-state index contributed by atoms with van der Waals surface area (Å²) in [6, 6.07) is 17.6. The molecule has 0 aromatic heterocycles. The van der Waals surface area contributed by atoms with Crippen LogP contribution < -0.4 is 25.0 Å². The Hall–Kier alpha value is -5.05. The Morgan fingerprint density at radius 2 is 1.51 bits per heavy atom. The van der Waals surface area contributed by atoms with Crippen molar-refractivity contribution in [2.24, 2.45) is 0 Å². The number of hydroxylamine groups is 1. The van der Waals surface area contributed by atoms with Gasteiger partial charge in [-0.15, -0.1) is 0 Å². The lowest BCUT2D eigenvalue weighted by Crippen LogP contribution is -2.45. The van der Waals surface area contributed by atoms with Gasteiger partial charge in [-0.2, -0.15) is 5.48 Å². The minimum absolute atomic E-state index is 0.0205. The largest absolute Gasteiger partial charge is 0.490 e. The van der Waals surface area contributed by atoms with Crippen molar-refractivity contribution in [3.63, 3.8) is 0 Å². The van der Waals surface area contributed by atoms with Crippen LogP contribution in [0.5, 0.6) is 17.2 Å². The Morgan fingerprint density at radius 3 is 2.17 bits per heavy atom. The Bertz CT molecular complexity index is 1390. The number of hydrogen-bond acceptors (Lipinski definition) is 8. The van der Waals surface area contributed by atoms with E-state index < -0.39 is 24.0 Å². The number of aromatic carboxylic acids is 2. The first-order valence-corrected chi connectivity index (χ1v) is 12.7. The molecule has 4 N–H and O–H groups in total. The molecule has 11 nitrogen and oxygen atoms in total. The SMILES string of the molecule is C#COc1ccc(C(=O)O)c(C(=O)NC(CCC)NOCc2cc(OCCOc3ccccc3)ccc2C(=O)O)c1. The average Bonchev–Trinajstić information content (AvgIpc) is 2.96. The van der Waals surface area contributed by atoms with E-state index in [0.717, 1.165) is 0 Å². The molecule has 0 bridgehead atoms. The zero-order valence-corrected chi connectivity index (χ0v) is 22.3. The van der Waals surface area contributed by atoms with Gasteiger partial charge in [0.25, 0.3) is 5.91 Å². The summed E-state index contributed by atoms with van der Waals surface area (Å²) in [5.41, 5.74) is 2.69. The van der Waals surface area contributed by atoms with E-state index in [9.17, 15) is 24.6 Å². The van der Waals surface area contributed by atoms with Crippen LogP contribution in [-0.4, -0.2) is 47.4 Å². The zero-order chi connectivity index (χ0) is 29.6. The monoisotopic (exact) mass is 562 g/mol. The molecular formula is C30H30N2O9. The molecule has 0 saturated carbocycles. The number of carboxylic acids is 2.